The lowest BCUT2D eigenvalue weighted by Crippen LogP contribution is -2.37. The largest absolute Gasteiger partial charge is 0.416 e. The van der Waals surface area contributed by atoms with E-state index in [4.69, 9.17) is 4.74 Å². The fraction of sp³-hybridized carbons (Fsp3) is 0.364. The second-order valence-electron chi connectivity index (χ2n) is 7.53. The Morgan fingerprint density at radius 3 is 2.70 bits per heavy atom. The highest BCUT2D eigenvalue weighted by Crippen LogP contribution is 2.34. The van der Waals surface area contributed by atoms with Gasteiger partial charge in [0.1, 0.15) is 0 Å². The zero-order chi connectivity index (χ0) is 21.5. The van der Waals surface area contributed by atoms with Crippen molar-refractivity contribution < 1.29 is 22.7 Å². The molecule has 1 aliphatic rings. The number of aryl methyl sites for hydroxylation is 2. The Balaban J connectivity index is 1.74. The van der Waals surface area contributed by atoms with Crippen LogP contribution in [0.5, 0.6) is 0 Å². The first-order valence-electron chi connectivity index (χ1n) is 9.71. The zero-order valence-electron chi connectivity index (χ0n) is 16.6. The van der Waals surface area contributed by atoms with Gasteiger partial charge in [0.15, 0.2) is 5.13 Å². The number of halogens is 3. The van der Waals surface area contributed by atoms with Gasteiger partial charge in [-0.3, -0.25) is 9.69 Å². The van der Waals surface area contributed by atoms with Gasteiger partial charge < -0.3 is 4.74 Å². The molecule has 0 N–H and O–H groups in total. The first-order chi connectivity index (χ1) is 14.2. The monoisotopic (exact) mass is 434 g/mol. The van der Waals surface area contributed by atoms with Crippen molar-refractivity contribution >= 4 is 32.6 Å². The molecule has 158 valence electrons. The van der Waals surface area contributed by atoms with Gasteiger partial charge in [-0.25, -0.2) is 4.98 Å². The summed E-state index contributed by atoms with van der Waals surface area (Å²) in [7, 11) is 0. The first-order valence-corrected chi connectivity index (χ1v) is 10.5. The molecule has 2 heterocycles. The van der Waals surface area contributed by atoms with Gasteiger partial charge in [0.2, 0.25) is 0 Å². The summed E-state index contributed by atoms with van der Waals surface area (Å²) < 4.78 is 46.0. The van der Waals surface area contributed by atoms with Crippen molar-refractivity contribution in [1.82, 2.24) is 4.98 Å². The highest BCUT2D eigenvalue weighted by atomic mass is 32.1. The summed E-state index contributed by atoms with van der Waals surface area (Å²) in [5.74, 6) is -0.510. The SMILES string of the molecule is Cc1cc2nc(N(CC3CCCO3)C(=O)c3cccc(C(F)(F)F)c3)sc2cc1C. The number of fused-ring (bicyclic) bond motifs is 1. The van der Waals surface area contributed by atoms with Crippen LogP contribution in [0.4, 0.5) is 18.3 Å². The molecule has 1 amide bonds. The van der Waals surface area contributed by atoms with Crippen LogP contribution in [-0.2, 0) is 10.9 Å². The molecule has 1 aliphatic heterocycles. The molecule has 0 aliphatic carbocycles. The smallest absolute Gasteiger partial charge is 0.376 e. The Hall–Kier alpha value is -2.45. The molecule has 30 heavy (non-hydrogen) atoms. The van der Waals surface area contributed by atoms with Gasteiger partial charge in [-0.15, -0.1) is 0 Å². The van der Waals surface area contributed by atoms with E-state index in [1.807, 2.05) is 26.0 Å². The molecule has 3 aromatic rings. The third kappa shape index (κ3) is 4.20. The Morgan fingerprint density at radius 1 is 1.23 bits per heavy atom. The van der Waals surface area contributed by atoms with Crippen molar-refractivity contribution in [3.05, 3.63) is 58.7 Å². The first kappa shape index (κ1) is 20.8. The Kier molecular flexibility index (Phi) is 5.55. The van der Waals surface area contributed by atoms with Gasteiger partial charge in [0.25, 0.3) is 5.91 Å². The Morgan fingerprint density at radius 2 is 2.00 bits per heavy atom. The van der Waals surface area contributed by atoms with Crippen LogP contribution in [0.2, 0.25) is 0 Å². The lowest BCUT2D eigenvalue weighted by molar-refractivity contribution is -0.137. The van der Waals surface area contributed by atoms with Crippen molar-refractivity contribution in [2.75, 3.05) is 18.1 Å². The number of nitrogens with zero attached hydrogens (tertiary/aromatic N) is 2. The fourth-order valence-corrected chi connectivity index (χ4v) is 4.56. The van der Waals surface area contributed by atoms with E-state index in [2.05, 4.69) is 4.98 Å². The number of alkyl halides is 3. The Labute approximate surface area is 176 Å². The van der Waals surface area contributed by atoms with Gasteiger partial charge in [-0.05, 0) is 68.1 Å². The van der Waals surface area contributed by atoms with E-state index in [9.17, 15) is 18.0 Å². The van der Waals surface area contributed by atoms with E-state index >= 15 is 0 Å². The minimum Gasteiger partial charge on any atom is -0.376 e. The molecule has 0 bridgehead atoms. The maximum absolute atomic E-state index is 13.3. The number of hydrogen-bond donors (Lipinski definition) is 0. The summed E-state index contributed by atoms with van der Waals surface area (Å²) in [5.41, 5.74) is 2.12. The molecule has 1 unspecified atom stereocenters. The fourth-order valence-electron chi connectivity index (χ4n) is 3.51. The highest BCUT2D eigenvalue weighted by Gasteiger charge is 2.32. The van der Waals surface area contributed by atoms with Gasteiger partial charge in [-0.1, -0.05) is 17.4 Å². The van der Waals surface area contributed by atoms with Gasteiger partial charge in [-0.2, -0.15) is 13.2 Å². The summed E-state index contributed by atoms with van der Waals surface area (Å²) in [6, 6.07) is 8.50. The van der Waals surface area contributed by atoms with Gasteiger partial charge in [0.05, 0.1) is 28.4 Å². The topological polar surface area (TPSA) is 42.4 Å². The van der Waals surface area contributed by atoms with Crippen LogP contribution in [0.15, 0.2) is 36.4 Å². The van der Waals surface area contributed by atoms with Crippen LogP contribution in [0.1, 0.15) is 39.9 Å². The molecular weight excluding hydrogens is 413 g/mol. The number of anilines is 1. The van der Waals surface area contributed by atoms with Crippen molar-refractivity contribution in [3.8, 4) is 0 Å². The van der Waals surface area contributed by atoms with E-state index in [-0.39, 0.29) is 18.2 Å². The molecule has 4 rings (SSSR count). The second kappa shape index (κ2) is 8.00. The lowest BCUT2D eigenvalue weighted by atomic mass is 10.1. The number of thiazole rings is 1. The van der Waals surface area contributed by atoms with Crippen LogP contribution in [0.25, 0.3) is 10.2 Å². The highest BCUT2D eigenvalue weighted by molar-refractivity contribution is 7.22. The maximum atomic E-state index is 13.3. The van der Waals surface area contributed by atoms with E-state index < -0.39 is 17.6 Å². The lowest BCUT2D eigenvalue weighted by Gasteiger charge is -2.23. The number of aromatic nitrogens is 1. The Bertz CT molecular complexity index is 1050. The zero-order valence-corrected chi connectivity index (χ0v) is 17.4. The van der Waals surface area contributed by atoms with E-state index in [1.54, 1.807) is 0 Å². The number of hydrogen-bond acceptors (Lipinski definition) is 4. The van der Waals surface area contributed by atoms with Crippen LogP contribution < -0.4 is 4.90 Å². The van der Waals surface area contributed by atoms with Crippen LogP contribution >= 0.6 is 11.3 Å². The van der Waals surface area contributed by atoms with E-state index in [1.165, 1.54) is 28.4 Å². The summed E-state index contributed by atoms with van der Waals surface area (Å²) in [5, 5.41) is 0.466. The average molecular weight is 434 g/mol. The normalized spacial score (nSPS) is 16.9. The van der Waals surface area contributed by atoms with Crippen LogP contribution in [0.3, 0.4) is 0 Å². The minimum absolute atomic E-state index is 0.0190. The average Bonchev–Trinajstić information content (AvgIpc) is 3.35. The number of amides is 1. The van der Waals surface area contributed by atoms with E-state index in [0.29, 0.717) is 11.7 Å². The summed E-state index contributed by atoms with van der Waals surface area (Å²) in [6.45, 7) is 4.87. The summed E-state index contributed by atoms with van der Waals surface area (Å²) in [6.07, 6.45) is -2.97. The van der Waals surface area contributed by atoms with Crippen molar-refractivity contribution in [1.29, 1.82) is 0 Å². The standard InChI is InChI=1S/C22H21F3N2O2S/c1-13-9-18-19(10-14(13)2)30-21(26-18)27(12-17-7-4-8-29-17)20(28)15-5-3-6-16(11-15)22(23,24)25/h3,5-6,9-11,17H,4,7-8,12H2,1-2H3. The predicted molar refractivity (Wildman–Crippen MR) is 111 cm³/mol. The molecular formula is C22H21F3N2O2S. The third-order valence-corrected chi connectivity index (χ3v) is 6.36. The minimum atomic E-state index is -4.51. The second-order valence-corrected chi connectivity index (χ2v) is 8.54. The number of ether oxygens (including phenoxy) is 1. The quantitative estimate of drug-likeness (QED) is 0.525. The molecule has 1 aromatic heterocycles. The molecule has 4 nitrogen and oxygen atoms in total. The van der Waals surface area contributed by atoms with E-state index in [0.717, 1.165) is 46.3 Å². The van der Waals surface area contributed by atoms with Crippen LogP contribution in [-0.4, -0.2) is 30.1 Å². The van der Waals surface area contributed by atoms with Gasteiger partial charge in [0, 0.05) is 12.2 Å². The van der Waals surface area contributed by atoms with Crippen LogP contribution in [0, 0.1) is 13.8 Å². The number of carbonyl (C=O) groups excluding carboxylic acids is 1. The third-order valence-electron chi connectivity index (χ3n) is 5.32. The number of rotatable bonds is 4. The number of benzene rings is 2. The molecule has 0 saturated carbocycles. The molecule has 0 radical (unpaired) electrons. The molecule has 1 atom stereocenters. The molecule has 0 spiro atoms. The molecule has 8 heteroatoms. The predicted octanol–water partition coefficient (Wildman–Crippen LogP) is 5.76. The molecule has 1 saturated heterocycles. The van der Waals surface area contributed by atoms with Crippen molar-refractivity contribution in [2.24, 2.45) is 0 Å². The van der Waals surface area contributed by atoms with Crippen molar-refractivity contribution in [2.45, 2.75) is 39.0 Å². The van der Waals surface area contributed by atoms with Gasteiger partial charge >= 0.3 is 6.18 Å². The summed E-state index contributed by atoms with van der Waals surface area (Å²) in [4.78, 5) is 19.4. The van der Waals surface area contributed by atoms with Crippen molar-refractivity contribution in [3.63, 3.8) is 0 Å². The number of carbonyl (C=O) groups is 1. The molecule has 1 fully saturated rings. The summed E-state index contributed by atoms with van der Waals surface area (Å²) >= 11 is 1.36. The molecule has 2 aromatic carbocycles. The maximum Gasteiger partial charge on any atom is 0.416 e.